The predicted octanol–water partition coefficient (Wildman–Crippen LogP) is 5.32. The molecule has 2 aromatic carbocycles. The van der Waals surface area contributed by atoms with Crippen molar-refractivity contribution in [2.75, 3.05) is 43.9 Å². The van der Waals surface area contributed by atoms with E-state index in [9.17, 15) is 9.59 Å². The number of ether oxygens (including phenoxy) is 1. The fourth-order valence-corrected chi connectivity index (χ4v) is 4.56. The number of hydrogen-bond acceptors (Lipinski definition) is 6. The molecule has 0 unspecified atom stereocenters. The summed E-state index contributed by atoms with van der Waals surface area (Å²) in [5.41, 5.74) is 2.96. The number of pyridine rings is 1. The lowest BCUT2D eigenvalue weighted by Crippen LogP contribution is -2.47. The molecule has 0 radical (unpaired) electrons. The molecule has 4 aromatic rings. The third-order valence-corrected chi connectivity index (χ3v) is 7.11. The van der Waals surface area contributed by atoms with E-state index in [-0.39, 0.29) is 11.3 Å². The Balaban J connectivity index is 1.26. The molecule has 1 fully saturated rings. The lowest BCUT2D eigenvalue weighted by Gasteiger charge is -2.32. The lowest BCUT2D eigenvalue weighted by atomic mass is 9.92. The first-order valence-corrected chi connectivity index (χ1v) is 14.1. The number of carbonyl (C=O) groups excluding carboxylic acids is 2. The monoisotopic (exact) mass is 567 g/mol. The minimum Gasteiger partial charge on any atom is -0.457 e. The Labute approximate surface area is 246 Å². The minimum absolute atomic E-state index is 0.140. The first-order valence-electron chi connectivity index (χ1n) is 14.1. The molecule has 2 aromatic heterocycles. The van der Waals surface area contributed by atoms with Crippen LogP contribution < -0.4 is 15.4 Å². The Morgan fingerprint density at radius 3 is 2.14 bits per heavy atom. The average molecular weight is 568 g/mol. The van der Waals surface area contributed by atoms with Gasteiger partial charge in [-0.3, -0.25) is 15.1 Å². The van der Waals surface area contributed by atoms with E-state index in [4.69, 9.17) is 9.84 Å². The van der Waals surface area contributed by atoms with Gasteiger partial charge in [-0.2, -0.15) is 5.10 Å². The SMILES string of the molecule is CN1CCN(C(=O)Cc2ccc(-n3nc(C(C)(C)C)cc3NC(=O)Nc3ccc(Oc4ccncc4)cc3)cc2)CC1. The molecule has 10 heteroatoms. The smallest absolute Gasteiger partial charge is 0.324 e. The van der Waals surface area contributed by atoms with E-state index in [1.807, 2.05) is 35.2 Å². The Hall–Kier alpha value is -4.70. The standard InChI is InChI=1S/C32H37N7O3/c1-32(2,3)28-22-29(35-31(41)34-24-7-11-26(12-8-24)42-27-13-15-33-16-14-27)39(36-28)25-9-5-23(6-10-25)21-30(40)38-19-17-37(4)18-20-38/h5-16,22H,17-21H2,1-4H3,(H2,34,35,41). The quantitative estimate of drug-likeness (QED) is 0.313. The molecule has 10 nitrogen and oxygen atoms in total. The van der Waals surface area contributed by atoms with Crippen LogP contribution in [0.2, 0.25) is 0 Å². The van der Waals surface area contributed by atoms with E-state index in [0.717, 1.165) is 43.1 Å². The molecule has 0 aliphatic carbocycles. The largest absolute Gasteiger partial charge is 0.457 e. The molecule has 0 saturated carbocycles. The maximum atomic E-state index is 13.0. The van der Waals surface area contributed by atoms with Gasteiger partial charge in [0.15, 0.2) is 0 Å². The Kier molecular flexibility index (Phi) is 8.53. The number of carbonyl (C=O) groups is 2. The molecule has 1 aliphatic rings. The summed E-state index contributed by atoms with van der Waals surface area (Å²) in [6.07, 6.45) is 3.68. The van der Waals surface area contributed by atoms with Crippen LogP contribution in [0, 0.1) is 0 Å². The molecular formula is C32H37N7O3. The molecule has 2 N–H and O–H groups in total. The average Bonchev–Trinajstić information content (AvgIpc) is 3.40. The van der Waals surface area contributed by atoms with Gasteiger partial charge in [0.2, 0.25) is 5.91 Å². The maximum absolute atomic E-state index is 13.0. The number of amides is 3. The third kappa shape index (κ3) is 7.32. The summed E-state index contributed by atoms with van der Waals surface area (Å²) < 4.78 is 7.51. The summed E-state index contributed by atoms with van der Waals surface area (Å²) in [4.78, 5) is 33.9. The first-order chi connectivity index (χ1) is 20.1. The molecule has 1 aliphatic heterocycles. The molecule has 0 atom stereocenters. The van der Waals surface area contributed by atoms with Crippen molar-refractivity contribution < 1.29 is 14.3 Å². The highest BCUT2D eigenvalue weighted by atomic mass is 16.5. The Morgan fingerprint density at radius 1 is 0.857 bits per heavy atom. The molecule has 3 heterocycles. The fourth-order valence-electron chi connectivity index (χ4n) is 4.56. The van der Waals surface area contributed by atoms with E-state index in [1.54, 1.807) is 53.5 Å². The highest BCUT2D eigenvalue weighted by molar-refractivity contribution is 5.99. The van der Waals surface area contributed by atoms with Gasteiger partial charge in [0, 0.05) is 55.7 Å². The minimum atomic E-state index is -0.395. The van der Waals surface area contributed by atoms with E-state index < -0.39 is 6.03 Å². The second kappa shape index (κ2) is 12.4. The van der Waals surface area contributed by atoms with E-state index >= 15 is 0 Å². The van der Waals surface area contributed by atoms with Crippen molar-refractivity contribution in [3.05, 3.63) is 90.4 Å². The number of piperazine rings is 1. The van der Waals surface area contributed by atoms with Gasteiger partial charge < -0.3 is 19.9 Å². The van der Waals surface area contributed by atoms with Gasteiger partial charge in [-0.15, -0.1) is 0 Å². The summed E-state index contributed by atoms with van der Waals surface area (Å²) in [6, 6.07) is 19.9. The van der Waals surface area contributed by atoms with E-state index in [1.165, 1.54) is 0 Å². The third-order valence-electron chi connectivity index (χ3n) is 7.11. The highest BCUT2D eigenvalue weighted by Gasteiger charge is 2.22. The first kappa shape index (κ1) is 28.8. The van der Waals surface area contributed by atoms with Gasteiger partial charge in [0.05, 0.1) is 17.8 Å². The van der Waals surface area contributed by atoms with Crippen LogP contribution in [0.3, 0.4) is 0 Å². The number of benzene rings is 2. The van der Waals surface area contributed by atoms with Crippen LogP contribution in [0.1, 0.15) is 32.0 Å². The van der Waals surface area contributed by atoms with Crippen LogP contribution in [0.4, 0.5) is 16.3 Å². The van der Waals surface area contributed by atoms with Crippen LogP contribution in [-0.4, -0.2) is 69.7 Å². The number of hydrogen-bond donors (Lipinski definition) is 2. The lowest BCUT2D eigenvalue weighted by molar-refractivity contribution is -0.132. The number of urea groups is 1. The van der Waals surface area contributed by atoms with Gasteiger partial charge in [0.1, 0.15) is 17.3 Å². The van der Waals surface area contributed by atoms with Crippen LogP contribution in [0.15, 0.2) is 79.1 Å². The summed E-state index contributed by atoms with van der Waals surface area (Å²) >= 11 is 0. The molecule has 3 amide bonds. The van der Waals surface area contributed by atoms with E-state index in [0.29, 0.717) is 29.4 Å². The number of rotatable bonds is 7. The van der Waals surface area contributed by atoms with Gasteiger partial charge in [-0.25, -0.2) is 9.48 Å². The Bertz CT molecular complexity index is 1500. The van der Waals surface area contributed by atoms with Gasteiger partial charge in [-0.05, 0) is 61.1 Å². The van der Waals surface area contributed by atoms with Gasteiger partial charge in [-0.1, -0.05) is 32.9 Å². The van der Waals surface area contributed by atoms with Crippen molar-refractivity contribution in [2.45, 2.75) is 32.6 Å². The zero-order valence-corrected chi connectivity index (χ0v) is 24.5. The van der Waals surface area contributed by atoms with Gasteiger partial charge in [0.25, 0.3) is 0 Å². The number of nitrogens with one attached hydrogen (secondary N) is 2. The zero-order valence-electron chi connectivity index (χ0n) is 24.5. The van der Waals surface area contributed by atoms with Crippen molar-refractivity contribution in [2.24, 2.45) is 0 Å². The van der Waals surface area contributed by atoms with Crippen molar-refractivity contribution in [1.82, 2.24) is 24.6 Å². The van der Waals surface area contributed by atoms with Gasteiger partial charge >= 0.3 is 6.03 Å². The normalized spacial score (nSPS) is 14.0. The second-order valence-corrected chi connectivity index (χ2v) is 11.5. The predicted molar refractivity (Wildman–Crippen MR) is 163 cm³/mol. The summed E-state index contributed by atoms with van der Waals surface area (Å²) in [7, 11) is 2.08. The number of aromatic nitrogens is 3. The number of anilines is 2. The molecule has 42 heavy (non-hydrogen) atoms. The molecule has 0 bridgehead atoms. The van der Waals surface area contributed by atoms with Crippen molar-refractivity contribution in [1.29, 1.82) is 0 Å². The topological polar surface area (TPSA) is 105 Å². The molecule has 1 saturated heterocycles. The molecule has 0 spiro atoms. The van der Waals surface area contributed by atoms with Crippen molar-refractivity contribution in [3.8, 4) is 17.2 Å². The Morgan fingerprint density at radius 2 is 1.50 bits per heavy atom. The molecule has 218 valence electrons. The van der Waals surface area contributed by atoms with Crippen molar-refractivity contribution in [3.63, 3.8) is 0 Å². The zero-order chi connectivity index (χ0) is 29.7. The number of nitrogens with zero attached hydrogens (tertiary/aromatic N) is 5. The van der Waals surface area contributed by atoms with Crippen LogP contribution in [0.25, 0.3) is 5.69 Å². The van der Waals surface area contributed by atoms with Crippen LogP contribution in [0.5, 0.6) is 11.5 Å². The molecule has 5 rings (SSSR count). The summed E-state index contributed by atoms with van der Waals surface area (Å²) in [6.45, 7) is 9.55. The number of likely N-dealkylation sites (N-methyl/N-ethyl adjacent to an activating group) is 1. The van der Waals surface area contributed by atoms with Crippen LogP contribution in [-0.2, 0) is 16.6 Å². The van der Waals surface area contributed by atoms with Crippen LogP contribution >= 0.6 is 0 Å². The summed E-state index contributed by atoms with van der Waals surface area (Å²) in [5, 5.41) is 10.6. The molecular weight excluding hydrogens is 530 g/mol. The van der Waals surface area contributed by atoms with Crippen molar-refractivity contribution >= 4 is 23.4 Å². The highest BCUT2D eigenvalue weighted by Crippen LogP contribution is 2.27. The second-order valence-electron chi connectivity index (χ2n) is 11.5. The summed E-state index contributed by atoms with van der Waals surface area (Å²) in [5.74, 6) is 2.01. The fraction of sp³-hybridized carbons (Fsp3) is 0.312. The maximum Gasteiger partial charge on any atom is 0.324 e. The van der Waals surface area contributed by atoms with E-state index in [2.05, 4.69) is 48.3 Å².